The number of carbonyl (C=O) groups excluding carboxylic acids is 2. The van der Waals surface area contributed by atoms with Crippen LogP contribution in [0.15, 0.2) is 84.9 Å². The Labute approximate surface area is 170 Å². The highest BCUT2D eigenvalue weighted by Crippen LogP contribution is 2.30. The molecule has 0 saturated carbocycles. The lowest BCUT2D eigenvalue weighted by molar-refractivity contribution is 0.0677. The van der Waals surface area contributed by atoms with Crippen molar-refractivity contribution in [2.45, 2.75) is 0 Å². The van der Waals surface area contributed by atoms with Crippen LogP contribution in [-0.2, 0) is 0 Å². The van der Waals surface area contributed by atoms with Crippen LogP contribution in [-0.4, -0.2) is 11.9 Å². The summed E-state index contributed by atoms with van der Waals surface area (Å²) < 4.78 is 38.3. The smallest absolute Gasteiger partial charge is 0.349 e. The van der Waals surface area contributed by atoms with E-state index in [1.807, 2.05) is 18.2 Å². The molecular weight excluding hydrogens is 390 g/mol. The molecule has 148 valence electrons. The molecule has 0 heterocycles. The van der Waals surface area contributed by atoms with Crippen molar-refractivity contribution in [3.05, 3.63) is 108 Å². The second-order valence-electron chi connectivity index (χ2n) is 6.35. The van der Waals surface area contributed by atoms with Gasteiger partial charge in [-0.1, -0.05) is 54.6 Å². The second-order valence-corrected chi connectivity index (χ2v) is 6.35. The third kappa shape index (κ3) is 3.75. The number of carbonyl (C=O) groups is 2. The molecule has 0 spiro atoms. The average molecular weight is 404 g/mol. The molecule has 4 nitrogen and oxygen atoms in total. The molecule has 0 unspecified atom stereocenters. The molecule has 0 aliphatic rings. The molecule has 30 heavy (non-hydrogen) atoms. The van der Waals surface area contributed by atoms with Gasteiger partial charge in [-0.2, -0.15) is 0 Å². The molecule has 0 aliphatic carbocycles. The van der Waals surface area contributed by atoms with Crippen molar-refractivity contribution in [1.82, 2.24) is 0 Å². The highest BCUT2D eigenvalue weighted by molar-refractivity contribution is 6.05. The minimum absolute atomic E-state index is 0.0551. The Hall–Kier alpha value is -4.06. The molecule has 0 atom stereocenters. The van der Waals surface area contributed by atoms with Gasteiger partial charge in [-0.05, 0) is 41.1 Å². The maximum absolute atomic E-state index is 13.9. The first-order chi connectivity index (χ1) is 14.5. The second kappa shape index (κ2) is 8.13. The number of benzene rings is 4. The minimum Gasteiger partial charge on any atom is -0.419 e. The Morgan fingerprint density at radius 2 is 1.13 bits per heavy atom. The molecule has 0 bridgehead atoms. The van der Waals surface area contributed by atoms with E-state index in [1.54, 1.807) is 30.3 Å². The first kappa shape index (κ1) is 19.3. The van der Waals surface area contributed by atoms with E-state index in [0.29, 0.717) is 10.9 Å². The zero-order chi connectivity index (χ0) is 21.1. The van der Waals surface area contributed by atoms with Crippen LogP contribution in [0.5, 0.6) is 11.5 Å². The Morgan fingerprint density at radius 1 is 0.600 bits per heavy atom. The summed E-state index contributed by atoms with van der Waals surface area (Å²) >= 11 is 0. The van der Waals surface area contributed by atoms with Crippen LogP contribution in [0.3, 0.4) is 0 Å². The number of rotatable bonds is 4. The highest BCUT2D eigenvalue weighted by Gasteiger charge is 2.22. The number of hydrogen-bond donors (Lipinski definition) is 0. The fraction of sp³-hybridized carbons (Fsp3) is 0. The molecule has 4 aromatic rings. The Balaban J connectivity index is 1.62. The predicted molar refractivity (Wildman–Crippen MR) is 107 cm³/mol. The van der Waals surface area contributed by atoms with Crippen molar-refractivity contribution in [1.29, 1.82) is 0 Å². The Kier molecular flexibility index (Phi) is 5.22. The van der Waals surface area contributed by atoms with Crippen LogP contribution >= 0.6 is 0 Å². The molecule has 0 radical (unpaired) electrons. The van der Waals surface area contributed by atoms with Gasteiger partial charge in [0, 0.05) is 0 Å². The molecule has 0 aromatic heterocycles. The summed E-state index contributed by atoms with van der Waals surface area (Å²) in [6, 6.07) is 21.5. The van der Waals surface area contributed by atoms with Crippen LogP contribution in [0.1, 0.15) is 20.7 Å². The van der Waals surface area contributed by atoms with E-state index in [0.717, 1.165) is 23.6 Å². The van der Waals surface area contributed by atoms with Crippen molar-refractivity contribution in [2.75, 3.05) is 0 Å². The molecule has 0 N–H and O–H groups in total. The van der Waals surface area contributed by atoms with Gasteiger partial charge in [0.15, 0.2) is 11.5 Å². The summed E-state index contributed by atoms with van der Waals surface area (Å²) in [6.07, 6.45) is 0. The number of fused-ring (bicyclic) bond motifs is 1. The molecule has 4 aromatic carbocycles. The standard InChI is InChI=1S/C24H14F2O4/c25-18-11-6-12-19(26)22(18)24(28)30-21-14-4-3-13-20(21)29-23(27)17-10-5-8-15-7-1-2-9-16(15)17/h1-14H. The number of para-hydroxylation sites is 2. The zero-order valence-corrected chi connectivity index (χ0v) is 15.5. The van der Waals surface area contributed by atoms with Crippen molar-refractivity contribution in [3.8, 4) is 11.5 Å². The molecule has 0 aliphatic heterocycles. The molecule has 0 saturated heterocycles. The highest BCUT2D eigenvalue weighted by atomic mass is 19.1. The van der Waals surface area contributed by atoms with Crippen molar-refractivity contribution in [3.63, 3.8) is 0 Å². The van der Waals surface area contributed by atoms with Crippen molar-refractivity contribution in [2.24, 2.45) is 0 Å². The van der Waals surface area contributed by atoms with Gasteiger partial charge < -0.3 is 9.47 Å². The van der Waals surface area contributed by atoms with Gasteiger partial charge in [0.1, 0.15) is 17.2 Å². The topological polar surface area (TPSA) is 52.6 Å². The van der Waals surface area contributed by atoms with Crippen LogP contribution in [0.4, 0.5) is 8.78 Å². The summed E-state index contributed by atoms with van der Waals surface area (Å²) in [7, 11) is 0. The van der Waals surface area contributed by atoms with Gasteiger partial charge in [-0.3, -0.25) is 0 Å². The van der Waals surface area contributed by atoms with Crippen LogP contribution in [0.25, 0.3) is 10.8 Å². The van der Waals surface area contributed by atoms with E-state index < -0.39 is 29.1 Å². The Morgan fingerprint density at radius 3 is 1.83 bits per heavy atom. The lowest BCUT2D eigenvalue weighted by Crippen LogP contribution is -2.15. The van der Waals surface area contributed by atoms with Crippen molar-refractivity contribution < 1.29 is 27.8 Å². The monoisotopic (exact) mass is 404 g/mol. The predicted octanol–water partition coefficient (Wildman–Crippen LogP) is 5.56. The van der Waals surface area contributed by atoms with Crippen LogP contribution in [0, 0.1) is 11.6 Å². The fourth-order valence-electron chi connectivity index (χ4n) is 3.02. The summed E-state index contributed by atoms with van der Waals surface area (Å²) in [5.74, 6) is -4.19. The zero-order valence-electron chi connectivity index (χ0n) is 15.5. The van der Waals surface area contributed by atoms with E-state index >= 15 is 0 Å². The molecule has 0 fully saturated rings. The third-order valence-corrected chi connectivity index (χ3v) is 4.43. The maximum Gasteiger partial charge on any atom is 0.349 e. The van der Waals surface area contributed by atoms with Gasteiger partial charge in [-0.25, -0.2) is 18.4 Å². The first-order valence-electron chi connectivity index (χ1n) is 9.00. The number of ether oxygens (including phenoxy) is 2. The van der Waals surface area contributed by atoms with Crippen molar-refractivity contribution >= 4 is 22.7 Å². The summed E-state index contributed by atoms with van der Waals surface area (Å²) in [4.78, 5) is 25.1. The summed E-state index contributed by atoms with van der Waals surface area (Å²) in [5.41, 5.74) is -0.498. The SMILES string of the molecule is O=C(Oc1ccccc1OC(=O)c1cccc2ccccc12)c1c(F)cccc1F. The molecular formula is C24H14F2O4. The minimum atomic E-state index is -1.24. The third-order valence-electron chi connectivity index (χ3n) is 4.43. The van der Waals surface area contributed by atoms with Crippen LogP contribution in [0.2, 0.25) is 0 Å². The average Bonchev–Trinajstić information content (AvgIpc) is 2.74. The van der Waals surface area contributed by atoms with Gasteiger partial charge in [-0.15, -0.1) is 0 Å². The molecule has 4 rings (SSSR count). The number of esters is 2. The number of hydrogen-bond acceptors (Lipinski definition) is 4. The molecule has 0 amide bonds. The normalized spacial score (nSPS) is 10.6. The Bertz CT molecular complexity index is 1240. The lowest BCUT2D eigenvalue weighted by Gasteiger charge is -2.12. The summed E-state index contributed by atoms with van der Waals surface area (Å²) in [6.45, 7) is 0. The first-order valence-corrected chi connectivity index (χ1v) is 9.00. The summed E-state index contributed by atoms with van der Waals surface area (Å²) in [5, 5.41) is 1.56. The van der Waals surface area contributed by atoms with Crippen LogP contribution < -0.4 is 9.47 Å². The van der Waals surface area contributed by atoms with E-state index in [1.165, 1.54) is 18.2 Å². The largest absolute Gasteiger partial charge is 0.419 e. The van der Waals surface area contributed by atoms with E-state index in [2.05, 4.69) is 0 Å². The van der Waals surface area contributed by atoms with Gasteiger partial charge in [0.2, 0.25) is 0 Å². The van der Waals surface area contributed by atoms with E-state index in [-0.39, 0.29) is 11.5 Å². The van der Waals surface area contributed by atoms with E-state index in [4.69, 9.17) is 9.47 Å². The van der Waals surface area contributed by atoms with Gasteiger partial charge in [0.25, 0.3) is 0 Å². The quantitative estimate of drug-likeness (QED) is 0.330. The van der Waals surface area contributed by atoms with Gasteiger partial charge in [0.05, 0.1) is 5.56 Å². The van der Waals surface area contributed by atoms with E-state index in [9.17, 15) is 18.4 Å². The maximum atomic E-state index is 13.9. The molecule has 6 heteroatoms. The lowest BCUT2D eigenvalue weighted by atomic mass is 10.0. The fourth-order valence-corrected chi connectivity index (χ4v) is 3.02. The number of halogens is 2. The van der Waals surface area contributed by atoms with Gasteiger partial charge >= 0.3 is 11.9 Å².